The molecule has 0 aromatic heterocycles. The number of carboxylic acids is 1. The van der Waals surface area contributed by atoms with Crippen LogP contribution in [0.1, 0.15) is 25.7 Å². The Morgan fingerprint density at radius 1 is 1.19 bits per heavy atom. The summed E-state index contributed by atoms with van der Waals surface area (Å²) in [7, 11) is 0. The molecule has 1 heterocycles. The lowest BCUT2D eigenvalue weighted by molar-refractivity contribution is -0.144. The Morgan fingerprint density at radius 2 is 1.92 bits per heavy atom. The first-order valence-corrected chi connectivity index (χ1v) is 9.03. The van der Waals surface area contributed by atoms with Gasteiger partial charge in [0.25, 0.3) is 5.91 Å². The van der Waals surface area contributed by atoms with Crippen molar-refractivity contribution < 1.29 is 24.2 Å². The maximum absolute atomic E-state index is 12.4. The number of benzene rings is 1. The highest BCUT2D eigenvalue weighted by molar-refractivity contribution is 5.86. The lowest BCUT2D eigenvalue weighted by Gasteiger charge is -2.32. The van der Waals surface area contributed by atoms with Crippen molar-refractivity contribution in [2.45, 2.75) is 31.7 Å². The smallest absolute Gasteiger partial charge is 0.326 e. The number of amides is 2. The maximum atomic E-state index is 12.4. The van der Waals surface area contributed by atoms with Gasteiger partial charge in [0.15, 0.2) is 6.61 Å². The molecule has 1 saturated heterocycles. The van der Waals surface area contributed by atoms with Gasteiger partial charge in [0.2, 0.25) is 5.91 Å². The molecule has 2 aliphatic rings. The van der Waals surface area contributed by atoms with Gasteiger partial charge in [-0.1, -0.05) is 18.2 Å². The Bertz CT molecular complexity index is 659. The molecule has 1 aliphatic heterocycles. The summed E-state index contributed by atoms with van der Waals surface area (Å²) >= 11 is 0. The van der Waals surface area contributed by atoms with Crippen LogP contribution in [0.4, 0.5) is 0 Å². The van der Waals surface area contributed by atoms with Crippen LogP contribution in [0.3, 0.4) is 0 Å². The summed E-state index contributed by atoms with van der Waals surface area (Å²) < 4.78 is 5.48. The van der Waals surface area contributed by atoms with E-state index in [1.807, 2.05) is 18.2 Å². The van der Waals surface area contributed by atoms with E-state index in [9.17, 15) is 19.5 Å². The number of carbonyl (C=O) groups is 3. The molecule has 7 nitrogen and oxygen atoms in total. The molecule has 3 rings (SSSR count). The van der Waals surface area contributed by atoms with Crippen molar-refractivity contribution in [3.8, 4) is 5.75 Å². The lowest BCUT2D eigenvalue weighted by atomic mass is 9.96. The molecule has 0 spiro atoms. The average Bonchev–Trinajstić information content (AvgIpc) is 3.49. The maximum Gasteiger partial charge on any atom is 0.326 e. The van der Waals surface area contributed by atoms with Gasteiger partial charge in [0.1, 0.15) is 11.8 Å². The van der Waals surface area contributed by atoms with Crippen molar-refractivity contribution in [2.24, 2.45) is 11.8 Å². The molecular weight excluding hydrogens is 336 g/mol. The van der Waals surface area contributed by atoms with Gasteiger partial charge in [-0.15, -0.1) is 0 Å². The summed E-state index contributed by atoms with van der Waals surface area (Å²) in [5.74, 6) is -1.13. The van der Waals surface area contributed by atoms with Crippen LogP contribution in [0.15, 0.2) is 30.3 Å². The summed E-state index contributed by atoms with van der Waals surface area (Å²) in [6.07, 6.45) is 3.05. The Labute approximate surface area is 152 Å². The lowest BCUT2D eigenvalue weighted by Crippen LogP contribution is -2.50. The van der Waals surface area contributed by atoms with Crippen molar-refractivity contribution in [3.63, 3.8) is 0 Å². The number of likely N-dealkylation sites (tertiary alicyclic amines) is 1. The molecule has 26 heavy (non-hydrogen) atoms. The fraction of sp³-hybridized carbons (Fsp3) is 0.526. The first-order valence-electron chi connectivity index (χ1n) is 9.03. The fourth-order valence-electron chi connectivity index (χ4n) is 3.25. The quantitative estimate of drug-likeness (QED) is 0.764. The minimum absolute atomic E-state index is 0.0389. The molecule has 1 aliphatic carbocycles. The fourth-order valence-corrected chi connectivity index (χ4v) is 3.25. The normalized spacial score (nSPS) is 20.9. The number of aliphatic carboxylic acids is 1. The van der Waals surface area contributed by atoms with Gasteiger partial charge >= 0.3 is 5.97 Å². The van der Waals surface area contributed by atoms with Crippen LogP contribution in [-0.2, 0) is 14.4 Å². The van der Waals surface area contributed by atoms with E-state index in [4.69, 9.17) is 4.74 Å². The zero-order valence-corrected chi connectivity index (χ0v) is 14.6. The monoisotopic (exact) mass is 360 g/mol. The molecule has 2 N–H and O–H groups in total. The predicted molar refractivity (Wildman–Crippen MR) is 93.5 cm³/mol. The second-order valence-corrected chi connectivity index (χ2v) is 6.94. The van der Waals surface area contributed by atoms with E-state index in [0.717, 1.165) is 19.3 Å². The predicted octanol–water partition coefficient (Wildman–Crippen LogP) is 1.28. The molecule has 1 aromatic carbocycles. The molecule has 2 amide bonds. The molecule has 0 radical (unpaired) electrons. The number of carboxylic acid groups (broad SMARTS) is 1. The highest BCUT2D eigenvalue weighted by Crippen LogP contribution is 2.33. The number of nitrogens with one attached hydrogen (secondary N) is 1. The van der Waals surface area contributed by atoms with E-state index in [1.54, 1.807) is 17.0 Å². The third kappa shape index (κ3) is 4.74. The number of ether oxygens (including phenoxy) is 1. The van der Waals surface area contributed by atoms with Crippen LogP contribution in [0, 0.1) is 11.8 Å². The number of nitrogens with zero attached hydrogens (tertiary/aromatic N) is 1. The number of hydrogen-bond donors (Lipinski definition) is 2. The summed E-state index contributed by atoms with van der Waals surface area (Å²) in [5.41, 5.74) is 0. The summed E-state index contributed by atoms with van der Waals surface area (Å²) in [6.45, 7) is 0.823. The van der Waals surface area contributed by atoms with Crippen molar-refractivity contribution in [2.75, 3.05) is 19.7 Å². The number of carbonyl (C=O) groups excluding carboxylic acids is 2. The molecule has 140 valence electrons. The third-order valence-electron chi connectivity index (χ3n) is 4.91. The number of para-hydroxylation sites is 1. The van der Waals surface area contributed by atoms with Gasteiger partial charge in [-0.2, -0.15) is 0 Å². The van der Waals surface area contributed by atoms with Crippen LogP contribution in [-0.4, -0.2) is 53.5 Å². The largest absolute Gasteiger partial charge is 0.484 e. The minimum Gasteiger partial charge on any atom is -0.484 e. The second kappa shape index (κ2) is 8.21. The van der Waals surface area contributed by atoms with E-state index in [0.29, 0.717) is 25.3 Å². The van der Waals surface area contributed by atoms with Crippen molar-refractivity contribution >= 4 is 17.8 Å². The molecule has 2 fully saturated rings. The zero-order valence-electron chi connectivity index (χ0n) is 14.6. The average molecular weight is 360 g/mol. The Kier molecular flexibility index (Phi) is 5.75. The summed E-state index contributed by atoms with van der Waals surface area (Å²) in [6, 6.07) is 8.29. The molecule has 7 heteroatoms. The Morgan fingerprint density at radius 3 is 2.58 bits per heavy atom. The molecular formula is C19H24N2O5. The van der Waals surface area contributed by atoms with Crippen LogP contribution >= 0.6 is 0 Å². The zero-order chi connectivity index (χ0) is 18.5. The second-order valence-electron chi connectivity index (χ2n) is 6.94. The molecule has 2 unspecified atom stereocenters. The summed E-state index contributed by atoms with van der Waals surface area (Å²) in [4.78, 5) is 37.7. The Balaban J connectivity index is 1.50. The Hall–Kier alpha value is -2.57. The number of piperidine rings is 1. The van der Waals surface area contributed by atoms with E-state index in [1.165, 1.54) is 0 Å². The topological polar surface area (TPSA) is 95.9 Å². The summed E-state index contributed by atoms with van der Waals surface area (Å²) in [5, 5.41) is 11.9. The van der Waals surface area contributed by atoms with Crippen molar-refractivity contribution in [1.29, 1.82) is 0 Å². The van der Waals surface area contributed by atoms with E-state index >= 15 is 0 Å². The van der Waals surface area contributed by atoms with Gasteiger partial charge < -0.3 is 20.1 Å². The van der Waals surface area contributed by atoms with E-state index in [-0.39, 0.29) is 30.3 Å². The number of rotatable bonds is 7. The molecule has 1 saturated carbocycles. The third-order valence-corrected chi connectivity index (χ3v) is 4.91. The van der Waals surface area contributed by atoms with Gasteiger partial charge in [0, 0.05) is 13.1 Å². The SMILES string of the molecule is O=C(NC(C(=O)O)C1CC1)C1CCCN(C(=O)COc2ccccc2)C1. The van der Waals surface area contributed by atoms with Crippen molar-refractivity contribution in [1.82, 2.24) is 10.2 Å². The van der Waals surface area contributed by atoms with Gasteiger partial charge in [0.05, 0.1) is 5.92 Å². The van der Waals surface area contributed by atoms with Gasteiger partial charge in [-0.3, -0.25) is 9.59 Å². The highest BCUT2D eigenvalue weighted by Gasteiger charge is 2.39. The molecule has 0 bridgehead atoms. The van der Waals surface area contributed by atoms with E-state index < -0.39 is 12.0 Å². The van der Waals surface area contributed by atoms with Crippen molar-refractivity contribution in [3.05, 3.63) is 30.3 Å². The number of hydrogen-bond acceptors (Lipinski definition) is 4. The van der Waals surface area contributed by atoms with Crippen LogP contribution < -0.4 is 10.1 Å². The van der Waals surface area contributed by atoms with Gasteiger partial charge in [-0.05, 0) is 43.7 Å². The van der Waals surface area contributed by atoms with Crippen LogP contribution in [0.25, 0.3) is 0 Å². The molecule has 2 atom stereocenters. The van der Waals surface area contributed by atoms with E-state index in [2.05, 4.69) is 5.32 Å². The van der Waals surface area contributed by atoms with Crippen LogP contribution in [0.5, 0.6) is 5.75 Å². The highest BCUT2D eigenvalue weighted by atomic mass is 16.5. The first kappa shape index (κ1) is 18.2. The van der Waals surface area contributed by atoms with Crippen LogP contribution in [0.2, 0.25) is 0 Å². The molecule has 1 aromatic rings. The standard InChI is InChI=1S/C19H24N2O5/c22-16(12-26-15-6-2-1-3-7-15)21-10-4-5-14(11-21)18(23)20-17(19(24)25)13-8-9-13/h1-3,6-7,13-14,17H,4-5,8-12H2,(H,20,23)(H,24,25). The first-order chi connectivity index (χ1) is 12.5. The van der Waals surface area contributed by atoms with Gasteiger partial charge in [-0.25, -0.2) is 4.79 Å². The minimum atomic E-state index is -0.985.